The highest BCUT2D eigenvalue weighted by atomic mass is 16.5. The first kappa shape index (κ1) is 9.45. The van der Waals surface area contributed by atoms with Crippen molar-refractivity contribution in [2.75, 3.05) is 7.11 Å². The van der Waals surface area contributed by atoms with Crippen LogP contribution < -0.4 is 0 Å². The molecule has 0 fully saturated rings. The third kappa shape index (κ3) is 1.75. The summed E-state index contributed by atoms with van der Waals surface area (Å²) in [5.74, 6) is -0.383. The Kier molecular flexibility index (Phi) is 2.80. The minimum Gasteiger partial charge on any atom is -0.465 e. The van der Waals surface area contributed by atoms with Crippen molar-refractivity contribution in [1.29, 1.82) is 0 Å². The number of nitrogens with zero attached hydrogens (tertiary/aromatic N) is 1. The van der Waals surface area contributed by atoms with E-state index in [1.165, 1.54) is 7.11 Å². The van der Waals surface area contributed by atoms with Crippen LogP contribution in [0.4, 0.5) is 5.69 Å². The predicted octanol–water partition coefficient (Wildman–Crippen LogP) is 2.11. The van der Waals surface area contributed by atoms with Crippen molar-refractivity contribution in [2.24, 2.45) is 4.99 Å². The van der Waals surface area contributed by atoms with E-state index in [2.05, 4.69) is 16.4 Å². The molecule has 0 amide bonds. The van der Waals surface area contributed by atoms with Crippen LogP contribution in [0, 0.1) is 6.92 Å². The van der Waals surface area contributed by atoms with Gasteiger partial charge in [0, 0.05) is 0 Å². The monoisotopic (exact) mass is 177 g/mol. The zero-order valence-corrected chi connectivity index (χ0v) is 7.70. The van der Waals surface area contributed by atoms with Crippen LogP contribution in [-0.4, -0.2) is 19.8 Å². The van der Waals surface area contributed by atoms with Gasteiger partial charge in [0.05, 0.1) is 18.4 Å². The summed E-state index contributed by atoms with van der Waals surface area (Å²) in [7, 11) is 1.34. The van der Waals surface area contributed by atoms with E-state index >= 15 is 0 Å². The second-order valence-corrected chi connectivity index (χ2v) is 2.62. The maximum Gasteiger partial charge on any atom is 0.340 e. The van der Waals surface area contributed by atoms with Gasteiger partial charge >= 0.3 is 5.97 Å². The lowest BCUT2D eigenvalue weighted by Crippen LogP contribution is -2.01. The molecule has 0 aliphatic rings. The Labute approximate surface area is 77.1 Å². The van der Waals surface area contributed by atoms with Gasteiger partial charge in [0.1, 0.15) is 0 Å². The standard InChI is InChI=1S/C10H11NO2/c1-7-5-4-6-8(9(7)11-2)10(12)13-3/h4-6H,2H2,1,3H3. The minimum absolute atomic E-state index is 0.383. The highest BCUT2D eigenvalue weighted by Gasteiger charge is 2.11. The third-order valence-corrected chi connectivity index (χ3v) is 1.80. The number of esters is 1. The molecular formula is C10H11NO2. The van der Waals surface area contributed by atoms with Gasteiger partial charge in [-0.05, 0) is 25.3 Å². The van der Waals surface area contributed by atoms with Crippen molar-refractivity contribution in [3.05, 3.63) is 29.3 Å². The molecule has 0 bridgehead atoms. The second-order valence-electron chi connectivity index (χ2n) is 2.62. The summed E-state index contributed by atoms with van der Waals surface area (Å²) in [5.41, 5.74) is 1.96. The van der Waals surface area contributed by atoms with E-state index in [-0.39, 0.29) is 5.97 Å². The third-order valence-electron chi connectivity index (χ3n) is 1.80. The molecule has 0 saturated heterocycles. The van der Waals surface area contributed by atoms with Gasteiger partial charge in [0.25, 0.3) is 0 Å². The molecule has 0 aromatic heterocycles. The number of carbonyl (C=O) groups excluding carboxylic acids is 1. The van der Waals surface area contributed by atoms with Gasteiger partial charge in [0.2, 0.25) is 0 Å². The summed E-state index contributed by atoms with van der Waals surface area (Å²) >= 11 is 0. The molecule has 0 atom stereocenters. The maximum atomic E-state index is 11.2. The number of aryl methyl sites for hydroxylation is 1. The number of hydrogen-bond acceptors (Lipinski definition) is 3. The van der Waals surface area contributed by atoms with Crippen LogP contribution in [0.5, 0.6) is 0 Å². The highest BCUT2D eigenvalue weighted by Crippen LogP contribution is 2.23. The Morgan fingerprint density at radius 2 is 2.23 bits per heavy atom. The molecule has 0 saturated carbocycles. The molecule has 0 heterocycles. The van der Waals surface area contributed by atoms with E-state index in [0.29, 0.717) is 11.3 Å². The Morgan fingerprint density at radius 1 is 1.54 bits per heavy atom. The van der Waals surface area contributed by atoms with Crippen molar-refractivity contribution in [2.45, 2.75) is 6.92 Å². The van der Waals surface area contributed by atoms with Crippen LogP contribution in [0.3, 0.4) is 0 Å². The average Bonchev–Trinajstić information content (AvgIpc) is 2.16. The normalized spacial score (nSPS) is 9.38. The van der Waals surface area contributed by atoms with E-state index in [9.17, 15) is 4.79 Å². The predicted molar refractivity (Wildman–Crippen MR) is 51.7 cm³/mol. The lowest BCUT2D eigenvalue weighted by molar-refractivity contribution is 0.0601. The number of rotatable bonds is 2. The number of hydrogen-bond donors (Lipinski definition) is 0. The topological polar surface area (TPSA) is 38.7 Å². The van der Waals surface area contributed by atoms with Crippen molar-refractivity contribution in [3.63, 3.8) is 0 Å². The van der Waals surface area contributed by atoms with E-state index in [4.69, 9.17) is 0 Å². The van der Waals surface area contributed by atoms with E-state index in [1.54, 1.807) is 12.1 Å². The highest BCUT2D eigenvalue weighted by molar-refractivity contribution is 5.95. The first-order valence-electron chi connectivity index (χ1n) is 3.85. The van der Waals surface area contributed by atoms with Crippen molar-refractivity contribution < 1.29 is 9.53 Å². The molecule has 13 heavy (non-hydrogen) atoms. The quantitative estimate of drug-likeness (QED) is 0.512. The summed E-state index contributed by atoms with van der Waals surface area (Å²) in [4.78, 5) is 15.0. The fourth-order valence-corrected chi connectivity index (χ4v) is 1.14. The van der Waals surface area contributed by atoms with E-state index < -0.39 is 0 Å². The average molecular weight is 177 g/mol. The number of benzene rings is 1. The zero-order chi connectivity index (χ0) is 9.84. The van der Waals surface area contributed by atoms with Crippen LogP contribution in [0.25, 0.3) is 0 Å². The van der Waals surface area contributed by atoms with Crippen LogP contribution >= 0.6 is 0 Å². The Hall–Kier alpha value is -1.64. The van der Waals surface area contributed by atoms with Gasteiger partial charge in [-0.1, -0.05) is 12.1 Å². The molecule has 68 valence electrons. The molecule has 0 aliphatic heterocycles. The molecule has 0 spiro atoms. The van der Waals surface area contributed by atoms with Gasteiger partial charge < -0.3 is 4.74 Å². The number of ether oxygens (including phenoxy) is 1. The van der Waals surface area contributed by atoms with Crippen LogP contribution in [-0.2, 0) is 4.74 Å². The Morgan fingerprint density at radius 3 is 2.77 bits per heavy atom. The molecule has 0 radical (unpaired) electrons. The smallest absolute Gasteiger partial charge is 0.340 e. The summed E-state index contributed by atoms with van der Waals surface area (Å²) < 4.78 is 4.61. The summed E-state index contributed by atoms with van der Waals surface area (Å²) in [6.45, 7) is 5.28. The summed E-state index contributed by atoms with van der Waals surface area (Å²) in [6.07, 6.45) is 0. The Balaban J connectivity index is 3.28. The van der Waals surface area contributed by atoms with Gasteiger partial charge in [0.15, 0.2) is 0 Å². The maximum absolute atomic E-state index is 11.2. The molecule has 0 N–H and O–H groups in total. The van der Waals surface area contributed by atoms with Gasteiger partial charge in [-0.25, -0.2) is 4.79 Å². The molecule has 1 aromatic carbocycles. The minimum atomic E-state index is -0.383. The van der Waals surface area contributed by atoms with Gasteiger partial charge in [-0.3, -0.25) is 4.99 Å². The fraction of sp³-hybridized carbons (Fsp3) is 0.200. The molecule has 0 aliphatic carbocycles. The lowest BCUT2D eigenvalue weighted by Gasteiger charge is -2.05. The Bertz CT molecular complexity index is 345. The van der Waals surface area contributed by atoms with E-state index in [1.807, 2.05) is 13.0 Å². The molecular weight excluding hydrogens is 166 g/mol. The zero-order valence-electron chi connectivity index (χ0n) is 7.70. The lowest BCUT2D eigenvalue weighted by atomic mass is 10.1. The van der Waals surface area contributed by atoms with Gasteiger partial charge in [-0.2, -0.15) is 0 Å². The van der Waals surface area contributed by atoms with Crippen molar-refractivity contribution in [1.82, 2.24) is 0 Å². The van der Waals surface area contributed by atoms with Crippen molar-refractivity contribution >= 4 is 18.4 Å². The van der Waals surface area contributed by atoms with Crippen LogP contribution in [0.15, 0.2) is 23.2 Å². The first-order valence-corrected chi connectivity index (χ1v) is 3.85. The molecule has 1 rings (SSSR count). The number of methoxy groups -OCH3 is 1. The largest absolute Gasteiger partial charge is 0.465 e. The van der Waals surface area contributed by atoms with Crippen LogP contribution in [0.1, 0.15) is 15.9 Å². The molecule has 3 nitrogen and oxygen atoms in total. The summed E-state index contributed by atoms with van der Waals surface area (Å²) in [6, 6.07) is 5.33. The number of para-hydroxylation sites is 1. The number of aliphatic imine (C=N–C) groups is 1. The molecule has 0 unspecified atom stereocenters. The van der Waals surface area contributed by atoms with E-state index in [0.717, 1.165) is 5.56 Å². The molecule has 1 aromatic rings. The first-order chi connectivity index (χ1) is 6.20. The molecule has 3 heteroatoms. The van der Waals surface area contributed by atoms with Gasteiger partial charge in [-0.15, -0.1) is 0 Å². The second kappa shape index (κ2) is 3.85. The van der Waals surface area contributed by atoms with Crippen molar-refractivity contribution in [3.8, 4) is 0 Å². The fourth-order valence-electron chi connectivity index (χ4n) is 1.14. The SMILES string of the molecule is C=Nc1c(C)cccc1C(=O)OC. The summed E-state index contributed by atoms with van der Waals surface area (Å²) in [5, 5.41) is 0. The number of carbonyl (C=O) groups is 1. The van der Waals surface area contributed by atoms with Crippen LogP contribution in [0.2, 0.25) is 0 Å².